The molecule has 5 nitrogen and oxygen atoms in total. The first-order valence-electron chi connectivity index (χ1n) is 7.10. The van der Waals surface area contributed by atoms with Gasteiger partial charge in [0.25, 0.3) is 11.8 Å². The lowest BCUT2D eigenvalue weighted by atomic mass is 10.1. The van der Waals surface area contributed by atoms with Crippen molar-refractivity contribution in [3.8, 4) is 10.8 Å². The van der Waals surface area contributed by atoms with E-state index in [0.29, 0.717) is 5.89 Å². The summed E-state index contributed by atoms with van der Waals surface area (Å²) in [5, 5.41) is 7.82. The molecule has 0 saturated heterocycles. The third-order valence-corrected chi connectivity index (χ3v) is 4.69. The van der Waals surface area contributed by atoms with Crippen LogP contribution in [0.1, 0.15) is 17.0 Å². The highest BCUT2D eigenvalue weighted by Crippen LogP contribution is 2.30. The van der Waals surface area contributed by atoms with Gasteiger partial charge in [0, 0.05) is 6.08 Å². The van der Waals surface area contributed by atoms with Crippen LogP contribution in [0.4, 0.5) is 0 Å². The van der Waals surface area contributed by atoms with Crippen LogP contribution in [-0.4, -0.2) is 16.2 Å². The molecule has 0 aliphatic heterocycles. The molecule has 0 aliphatic carbocycles. The number of thiophene rings is 1. The van der Waals surface area contributed by atoms with E-state index in [2.05, 4.69) is 26.1 Å². The van der Waals surface area contributed by atoms with E-state index in [-0.39, 0.29) is 12.5 Å². The summed E-state index contributed by atoms with van der Waals surface area (Å²) < 4.78 is 11.6. The molecule has 0 N–H and O–H groups in total. The summed E-state index contributed by atoms with van der Waals surface area (Å²) in [5.41, 5.74) is 2.10. The Labute approximate surface area is 151 Å². The predicted octanol–water partition coefficient (Wildman–Crippen LogP) is 4.63. The summed E-state index contributed by atoms with van der Waals surface area (Å²) in [4.78, 5) is 12.6. The van der Waals surface area contributed by atoms with Crippen LogP contribution in [0.2, 0.25) is 0 Å². The molecule has 0 fully saturated rings. The summed E-state index contributed by atoms with van der Waals surface area (Å²) in [6.45, 7) is 1.95. The summed E-state index contributed by atoms with van der Waals surface area (Å²) >= 11 is 4.86. The van der Waals surface area contributed by atoms with E-state index in [0.717, 1.165) is 14.2 Å². The normalized spacial score (nSPS) is 11.1. The van der Waals surface area contributed by atoms with Gasteiger partial charge in [-0.3, -0.25) is 0 Å². The van der Waals surface area contributed by atoms with Gasteiger partial charge in [-0.15, -0.1) is 21.5 Å². The zero-order valence-electron chi connectivity index (χ0n) is 12.7. The molecule has 3 rings (SSSR count). The molecule has 0 saturated carbocycles. The van der Waals surface area contributed by atoms with Crippen molar-refractivity contribution in [2.24, 2.45) is 0 Å². The molecule has 0 bridgehead atoms. The number of benzene rings is 1. The smallest absolute Gasteiger partial charge is 0.331 e. The van der Waals surface area contributed by atoms with Gasteiger partial charge in [-0.1, -0.05) is 29.8 Å². The summed E-state index contributed by atoms with van der Waals surface area (Å²) in [6, 6.07) is 11.6. The van der Waals surface area contributed by atoms with E-state index in [1.165, 1.54) is 23.0 Å². The van der Waals surface area contributed by atoms with E-state index in [4.69, 9.17) is 9.15 Å². The highest BCUT2D eigenvalue weighted by Gasteiger charge is 2.11. The van der Waals surface area contributed by atoms with Crippen molar-refractivity contribution in [3.63, 3.8) is 0 Å². The van der Waals surface area contributed by atoms with Gasteiger partial charge < -0.3 is 9.15 Å². The minimum atomic E-state index is -0.464. The molecule has 0 radical (unpaired) electrons. The molecule has 24 heavy (non-hydrogen) atoms. The van der Waals surface area contributed by atoms with Crippen LogP contribution < -0.4 is 0 Å². The van der Waals surface area contributed by atoms with Crippen LogP contribution in [0.15, 0.2) is 50.7 Å². The van der Waals surface area contributed by atoms with Crippen molar-refractivity contribution in [2.75, 3.05) is 0 Å². The third-order valence-electron chi connectivity index (χ3n) is 3.08. The molecule has 0 atom stereocenters. The van der Waals surface area contributed by atoms with Crippen molar-refractivity contribution in [3.05, 3.63) is 63.3 Å². The van der Waals surface area contributed by atoms with Crippen LogP contribution in [0.25, 0.3) is 16.8 Å². The lowest BCUT2D eigenvalue weighted by molar-refractivity contribution is -0.139. The van der Waals surface area contributed by atoms with E-state index in [1.54, 1.807) is 6.08 Å². The Hall–Kier alpha value is -2.25. The summed E-state index contributed by atoms with van der Waals surface area (Å²) in [6.07, 6.45) is 3.07. The summed E-state index contributed by atoms with van der Waals surface area (Å²) in [5.74, 6) is 0.202. The number of aryl methyl sites for hydroxylation is 1. The summed E-state index contributed by atoms with van der Waals surface area (Å²) in [7, 11) is 0. The molecule has 0 aliphatic rings. The number of carbonyl (C=O) groups is 1. The van der Waals surface area contributed by atoms with Crippen LogP contribution >= 0.6 is 27.3 Å². The lowest BCUT2D eigenvalue weighted by Gasteiger charge is -1.97. The SMILES string of the molecule is Cc1ccc(/C=C/C(=O)OCc2nnc(-c3ccc(Br)s3)o2)cc1. The fourth-order valence-corrected chi connectivity index (χ4v) is 3.17. The number of nitrogens with zero attached hydrogens (tertiary/aromatic N) is 2. The van der Waals surface area contributed by atoms with Crippen LogP contribution in [0.3, 0.4) is 0 Å². The Bertz CT molecular complexity index is 868. The highest BCUT2D eigenvalue weighted by molar-refractivity contribution is 9.11. The first kappa shape index (κ1) is 16.6. The van der Waals surface area contributed by atoms with E-state index >= 15 is 0 Å². The second-order valence-corrected chi connectivity index (χ2v) is 7.42. The average molecular weight is 405 g/mol. The minimum Gasteiger partial charge on any atom is -0.452 e. The van der Waals surface area contributed by atoms with Crippen molar-refractivity contribution in [1.29, 1.82) is 0 Å². The molecule has 122 valence electrons. The monoisotopic (exact) mass is 404 g/mol. The molecule has 1 aromatic carbocycles. The Morgan fingerprint density at radius 2 is 2.04 bits per heavy atom. The van der Waals surface area contributed by atoms with Crippen LogP contribution in [-0.2, 0) is 16.1 Å². The first-order valence-corrected chi connectivity index (χ1v) is 8.71. The Morgan fingerprint density at radius 1 is 1.25 bits per heavy atom. The third kappa shape index (κ3) is 4.39. The topological polar surface area (TPSA) is 65.2 Å². The van der Waals surface area contributed by atoms with Crippen LogP contribution in [0, 0.1) is 6.92 Å². The largest absolute Gasteiger partial charge is 0.452 e. The second kappa shape index (κ2) is 7.55. The molecule has 0 spiro atoms. The van der Waals surface area contributed by atoms with Gasteiger partial charge in [0.2, 0.25) is 0 Å². The zero-order valence-corrected chi connectivity index (χ0v) is 15.1. The maximum Gasteiger partial charge on any atom is 0.331 e. The number of hydrogen-bond acceptors (Lipinski definition) is 6. The van der Waals surface area contributed by atoms with Crippen molar-refractivity contribution in [2.45, 2.75) is 13.5 Å². The molecule has 7 heteroatoms. The van der Waals surface area contributed by atoms with E-state index < -0.39 is 5.97 Å². The van der Waals surface area contributed by atoms with E-state index in [9.17, 15) is 4.79 Å². The number of esters is 1. The second-order valence-electron chi connectivity index (χ2n) is 4.96. The Morgan fingerprint density at radius 3 is 2.75 bits per heavy atom. The molecular formula is C17H13BrN2O3S. The molecule has 0 amide bonds. The maximum atomic E-state index is 11.7. The number of halogens is 1. The van der Waals surface area contributed by atoms with Gasteiger partial charge in [0.1, 0.15) is 0 Å². The zero-order chi connectivity index (χ0) is 16.9. The fraction of sp³-hybridized carbons (Fsp3) is 0.118. The van der Waals surface area contributed by atoms with Crippen molar-refractivity contribution < 1.29 is 13.9 Å². The van der Waals surface area contributed by atoms with Crippen molar-refractivity contribution >= 4 is 39.3 Å². The molecule has 3 aromatic rings. The predicted molar refractivity (Wildman–Crippen MR) is 95.3 cm³/mol. The van der Waals surface area contributed by atoms with Crippen molar-refractivity contribution in [1.82, 2.24) is 10.2 Å². The van der Waals surface area contributed by atoms with Gasteiger partial charge in [0.15, 0.2) is 6.61 Å². The van der Waals surface area contributed by atoms with Gasteiger partial charge >= 0.3 is 5.97 Å². The van der Waals surface area contributed by atoms with Gasteiger partial charge in [-0.05, 0) is 46.6 Å². The number of aromatic nitrogens is 2. The molecule has 0 unspecified atom stereocenters. The quantitative estimate of drug-likeness (QED) is 0.458. The van der Waals surface area contributed by atoms with Gasteiger partial charge in [-0.25, -0.2) is 4.79 Å². The Balaban J connectivity index is 1.55. The maximum absolute atomic E-state index is 11.7. The Kier molecular flexibility index (Phi) is 5.22. The fourth-order valence-electron chi connectivity index (χ4n) is 1.86. The average Bonchev–Trinajstić information content (AvgIpc) is 3.21. The number of ether oxygens (including phenoxy) is 1. The lowest BCUT2D eigenvalue weighted by Crippen LogP contribution is -2.00. The highest BCUT2D eigenvalue weighted by atomic mass is 79.9. The number of hydrogen-bond donors (Lipinski definition) is 0. The standard InChI is InChI=1S/C17H13BrN2O3S/c1-11-2-4-12(5-3-11)6-9-16(21)22-10-15-19-20-17(23-15)13-7-8-14(18)24-13/h2-9H,10H2,1H3/b9-6+. The minimum absolute atomic E-state index is 0.0589. The molecule has 2 aromatic heterocycles. The molecular weight excluding hydrogens is 392 g/mol. The van der Waals surface area contributed by atoms with Gasteiger partial charge in [0.05, 0.1) is 8.66 Å². The first-order chi connectivity index (χ1) is 11.6. The van der Waals surface area contributed by atoms with Gasteiger partial charge in [-0.2, -0.15) is 0 Å². The number of carbonyl (C=O) groups excluding carboxylic acids is 1. The van der Waals surface area contributed by atoms with Crippen LogP contribution in [0.5, 0.6) is 0 Å². The molecule has 2 heterocycles. The number of rotatable bonds is 5. The van der Waals surface area contributed by atoms with E-state index in [1.807, 2.05) is 43.3 Å².